The first-order valence-electron chi connectivity index (χ1n) is 6.54. The second kappa shape index (κ2) is 3.80. The van der Waals surface area contributed by atoms with Gasteiger partial charge in [0.15, 0.2) is 0 Å². The third kappa shape index (κ3) is 1.36. The number of benzene rings is 1. The Balaban J connectivity index is 2.11. The van der Waals surface area contributed by atoms with Crippen LogP contribution in [0.2, 0.25) is 0 Å². The summed E-state index contributed by atoms with van der Waals surface area (Å²) in [6.45, 7) is 0. The molecule has 1 atom stereocenters. The Morgan fingerprint density at radius 2 is 1.94 bits per heavy atom. The lowest BCUT2D eigenvalue weighted by atomic mass is 9.68. The Bertz CT molecular complexity index is 528. The highest BCUT2D eigenvalue weighted by Gasteiger charge is 2.55. The van der Waals surface area contributed by atoms with Gasteiger partial charge in [0.25, 0.3) is 0 Å². The number of rotatable bonds is 1. The van der Waals surface area contributed by atoms with Gasteiger partial charge in [0.05, 0.1) is 11.5 Å². The lowest BCUT2D eigenvalue weighted by Gasteiger charge is -2.38. The van der Waals surface area contributed by atoms with Gasteiger partial charge in [-0.3, -0.25) is 0 Å². The van der Waals surface area contributed by atoms with E-state index in [4.69, 9.17) is 0 Å². The van der Waals surface area contributed by atoms with Crippen LogP contribution in [0.4, 0.5) is 4.39 Å². The smallest absolute Gasteiger partial charge is 0.123 e. The molecular weight excluding hydrogens is 229 g/mol. The predicted octanol–water partition coefficient (Wildman–Crippen LogP) is 3.04. The largest absolute Gasteiger partial charge is 0.383 e. The normalized spacial score (nSPS) is 28.9. The first-order chi connectivity index (χ1) is 8.61. The zero-order valence-corrected chi connectivity index (χ0v) is 10.2. The van der Waals surface area contributed by atoms with Crippen LogP contribution in [-0.2, 0) is 12.0 Å². The quantitative estimate of drug-likeness (QED) is 0.826. The average Bonchev–Trinajstić information content (AvgIpc) is 2.96. The summed E-state index contributed by atoms with van der Waals surface area (Å²) in [5, 5.41) is 20.6. The number of aryl methyl sites for hydroxylation is 1. The topological polar surface area (TPSA) is 44.0 Å². The van der Waals surface area contributed by atoms with E-state index in [0.717, 1.165) is 36.8 Å². The molecule has 0 bridgehead atoms. The average molecular weight is 245 g/mol. The van der Waals surface area contributed by atoms with Gasteiger partial charge in [-0.05, 0) is 48.9 Å². The SMILES string of the molecule is N#CC1(C2(O)CCc3cc(F)ccc32)CCCC1. The molecule has 0 aromatic heterocycles. The molecule has 1 fully saturated rings. The van der Waals surface area contributed by atoms with E-state index in [1.54, 1.807) is 6.07 Å². The van der Waals surface area contributed by atoms with E-state index in [2.05, 4.69) is 6.07 Å². The minimum absolute atomic E-state index is 0.268. The van der Waals surface area contributed by atoms with Gasteiger partial charge in [0.2, 0.25) is 0 Å². The molecule has 3 heteroatoms. The fraction of sp³-hybridized carbons (Fsp3) is 0.533. The van der Waals surface area contributed by atoms with E-state index in [9.17, 15) is 14.8 Å². The monoisotopic (exact) mass is 245 g/mol. The van der Waals surface area contributed by atoms with Gasteiger partial charge in [-0.1, -0.05) is 18.9 Å². The van der Waals surface area contributed by atoms with Crippen molar-refractivity contribution in [3.05, 3.63) is 35.1 Å². The molecule has 0 amide bonds. The van der Waals surface area contributed by atoms with Crippen molar-refractivity contribution in [1.29, 1.82) is 5.26 Å². The number of aliphatic hydroxyl groups is 1. The minimum atomic E-state index is -1.08. The Kier molecular flexibility index (Phi) is 2.46. The molecule has 1 saturated carbocycles. The molecule has 1 N–H and O–H groups in total. The molecule has 2 nitrogen and oxygen atoms in total. The molecule has 1 aromatic rings. The van der Waals surface area contributed by atoms with Gasteiger partial charge in [0, 0.05) is 0 Å². The molecule has 2 aliphatic rings. The summed E-state index contributed by atoms with van der Waals surface area (Å²) in [6.07, 6.45) is 4.68. The van der Waals surface area contributed by atoms with Crippen molar-refractivity contribution in [1.82, 2.24) is 0 Å². The summed E-state index contributed by atoms with van der Waals surface area (Å²) >= 11 is 0. The lowest BCUT2D eigenvalue weighted by molar-refractivity contribution is -0.0575. The number of nitriles is 1. The van der Waals surface area contributed by atoms with E-state index in [0.29, 0.717) is 12.8 Å². The molecule has 1 aromatic carbocycles. The van der Waals surface area contributed by atoms with Crippen molar-refractivity contribution in [3.8, 4) is 6.07 Å². The first kappa shape index (κ1) is 11.7. The minimum Gasteiger partial charge on any atom is -0.383 e. The highest BCUT2D eigenvalue weighted by molar-refractivity contribution is 5.41. The maximum atomic E-state index is 13.2. The Labute approximate surface area is 106 Å². The summed E-state index contributed by atoms with van der Waals surface area (Å²) in [4.78, 5) is 0. The number of halogens is 1. The van der Waals surface area contributed by atoms with Crippen molar-refractivity contribution in [2.75, 3.05) is 0 Å². The van der Waals surface area contributed by atoms with Crippen LogP contribution in [0, 0.1) is 22.6 Å². The van der Waals surface area contributed by atoms with Crippen LogP contribution in [0.15, 0.2) is 18.2 Å². The van der Waals surface area contributed by atoms with Crippen molar-refractivity contribution < 1.29 is 9.50 Å². The van der Waals surface area contributed by atoms with Gasteiger partial charge in [0.1, 0.15) is 11.4 Å². The zero-order valence-electron chi connectivity index (χ0n) is 10.2. The van der Waals surface area contributed by atoms with Gasteiger partial charge in [-0.25, -0.2) is 4.39 Å². The molecule has 3 rings (SSSR count). The first-order valence-corrected chi connectivity index (χ1v) is 6.54. The van der Waals surface area contributed by atoms with Gasteiger partial charge in [-0.15, -0.1) is 0 Å². The molecule has 94 valence electrons. The number of hydrogen-bond donors (Lipinski definition) is 1. The fourth-order valence-corrected chi connectivity index (χ4v) is 3.72. The molecular formula is C15H16FNO. The molecule has 0 spiro atoms. The predicted molar refractivity (Wildman–Crippen MR) is 65.1 cm³/mol. The number of hydrogen-bond acceptors (Lipinski definition) is 2. The Morgan fingerprint density at radius 3 is 2.61 bits per heavy atom. The summed E-state index contributed by atoms with van der Waals surface area (Å²) in [5.74, 6) is -0.268. The van der Waals surface area contributed by atoms with Crippen LogP contribution in [0.3, 0.4) is 0 Å². The van der Waals surface area contributed by atoms with Crippen LogP contribution in [-0.4, -0.2) is 5.11 Å². The summed E-state index contributed by atoms with van der Waals surface area (Å²) in [6, 6.07) is 6.91. The van der Waals surface area contributed by atoms with Gasteiger partial charge >= 0.3 is 0 Å². The number of nitrogens with zero attached hydrogens (tertiary/aromatic N) is 1. The maximum absolute atomic E-state index is 13.2. The molecule has 0 heterocycles. The van der Waals surface area contributed by atoms with E-state index in [1.165, 1.54) is 12.1 Å². The fourth-order valence-electron chi connectivity index (χ4n) is 3.72. The molecule has 2 aliphatic carbocycles. The van der Waals surface area contributed by atoms with Gasteiger partial charge < -0.3 is 5.11 Å². The molecule has 0 aliphatic heterocycles. The second-order valence-corrected chi connectivity index (χ2v) is 5.56. The van der Waals surface area contributed by atoms with Crippen LogP contribution in [0.5, 0.6) is 0 Å². The zero-order chi connectivity index (χ0) is 12.8. The summed E-state index contributed by atoms with van der Waals surface area (Å²) < 4.78 is 13.2. The maximum Gasteiger partial charge on any atom is 0.123 e. The highest BCUT2D eigenvalue weighted by atomic mass is 19.1. The van der Waals surface area contributed by atoms with Crippen LogP contribution in [0.1, 0.15) is 43.2 Å². The van der Waals surface area contributed by atoms with Crippen LogP contribution < -0.4 is 0 Å². The third-order valence-electron chi connectivity index (χ3n) is 4.73. The van der Waals surface area contributed by atoms with Gasteiger partial charge in [-0.2, -0.15) is 5.26 Å². The molecule has 1 unspecified atom stereocenters. The van der Waals surface area contributed by atoms with Crippen LogP contribution >= 0.6 is 0 Å². The third-order valence-corrected chi connectivity index (χ3v) is 4.73. The molecule has 18 heavy (non-hydrogen) atoms. The van der Waals surface area contributed by atoms with Crippen molar-refractivity contribution in [3.63, 3.8) is 0 Å². The summed E-state index contributed by atoms with van der Waals surface area (Å²) in [5.41, 5.74) is -0.122. The van der Waals surface area contributed by atoms with E-state index < -0.39 is 11.0 Å². The van der Waals surface area contributed by atoms with E-state index in [1.807, 2.05) is 0 Å². The molecule has 0 saturated heterocycles. The number of fused-ring (bicyclic) bond motifs is 1. The standard InChI is InChI=1S/C15H16FNO/c16-12-3-4-13-11(9-12)5-8-15(13,18)14(10-17)6-1-2-7-14/h3-4,9,18H,1-2,5-8H2. The Morgan fingerprint density at radius 1 is 1.22 bits per heavy atom. The van der Waals surface area contributed by atoms with E-state index >= 15 is 0 Å². The lowest BCUT2D eigenvalue weighted by Crippen LogP contribution is -2.41. The summed E-state index contributed by atoms with van der Waals surface area (Å²) in [7, 11) is 0. The van der Waals surface area contributed by atoms with Crippen LogP contribution in [0.25, 0.3) is 0 Å². The molecule has 0 radical (unpaired) electrons. The van der Waals surface area contributed by atoms with Crippen molar-refractivity contribution >= 4 is 0 Å². The Hall–Kier alpha value is -1.40. The second-order valence-electron chi connectivity index (χ2n) is 5.56. The highest BCUT2D eigenvalue weighted by Crippen LogP contribution is 2.56. The van der Waals surface area contributed by atoms with Crippen molar-refractivity contribution in [2.24, 2.45) is 5.41 Å². The van der Waals surface area contributed by atoms with Crippen molar-refractivity contribution in [2.45, 2.75) is 44.1 Å². The van der Waals surface area contributed by atoms with E-state index in [-0.39, 0.29) is 5.82 Å².